The van der Waals surface area contributed by atoms with Gasteiger partial charge in [0.15, 0.2) is 11.0 Å². The van der Waals surface area contributed by atoms with E-state index in [-0.39, 0.29) is 19.1 Å². The summed E-state index contributed by atoms with van der Waals surface area (Å²) >= 11 is 1.57. The zero-order valence-corrected chi connectivity index (χ0v) is 19.0. The third kappa shape index (κ3) is 5.42. The Labute approximate surface area is 196 Å². The maximum Gasteiger partial charge on any atom is 0.251 e. The monoisotopic (exact) mass is 460 g/mol. The maximum absolute atomic E-state index is 12.0. The molecule has 4 rings (SSSR count). The Balaban J connectivity index is 1.58. The van der Waals surface area contributed by atoms with E-state index in [1.165, 1.54) is 0 Å². The van der Waals surface area contributed by atoms with Gasteiger partial charge >= 0.3 is 0 Å². The van der Waals surface area contributed by atoms with Gasteiger partial charge in [-0.05, 0) is 42.0 Å². The summed E-state index contributed by atoms with van der Waals surface area (Å²) < 4.78 is 7.42. The Hall–Kier alpha value is -3.62. The predicted octanol–water partition coefficient (Wildman–Crippen LogP) is 3.96. The summed E-state index contributed by atoms with van der Waals surface area (Å²) in [6.45, 7) is 0.154. The van der Waals surface area contributed by atoms with Crippen molar-refractivity contribution in [2.45, 2.75) is 10.9 Å². The third-order valence-corrected chi connectivity index (χ3v) is 5.96. The average molecular weight is 461 g/mol. The van der Waals surface area contributed by atoms with Crippen LogP contribution in [0.2, 0.25) is 0 Å². The summed E-state index contributed by atoms with van der Waals surface area (Å²) in [7, 11) is 1.64. The lowest BCUT2D eigenvalue weighted by Crippen LogP contribution is -2.26. The van der Waals surface area contributed by atoms with Crippen molar-refractivity contribution in [2.75, 3.05) is 20.3 Å². The Kier molecular flexibility index (Phi) is 7.39. The number of amides is 1. The number of aliphatic hydroxyl groups is 1. The minimum Gasteiger partial charge on any atom is -0.497 e. The molecule has 4 aromatic rings. The molecule has 0 fully saturated rings. The smallest absolute Gasteiger partial charge is 0.251 e. The quantitative estimate of drug-likeness (QED) is 0.368. The van der Waals surface area contributed by atoms with Gasteiger partial charge in [0.25, 0.3) is 5.91 Å². The summed E-state index contributed by atoms with van der Waals surface area (Å²) in [5.74, 6) is 1.96. The van der Waals surface area contributed by atoms with Gasteiger partial charge in [0.1, 0.15) is 5.75 Å². The topological polar surface area (TPSA) is 89.3 Å². The van der Waals surface area contributed by atoms with Gasteiger partial charge in [-0.2, -0.15) is 0 Å². The van der Waals surface area contributed by atoms with Gasteiger partial charge in [0.2, 0.25) is 0 Å². The molecule has 33 heavy (non-hydrogen) atoms. The van der Waals surface area contributed by atoms with Gasteiger partial charge in [-0.1, -0.05) is 54.2 Å². The molecule has 1 aromatic heterocycles. The van der Waals surface area contributed by atoms with Crippen molar-refractivity contribution in [1.82, 2.24) is 20.1 Å². The first-order valence-electron chi connectivity index (χ1n) is 10.5. The molecule has 3 aromatic carbocycles. The van der Waals surface area contributed by atoms with Crippen LogP contribution in [0.15, 0.2) is 84.0 Å². The molecule has 0 aliphatic heterocycles. The summed E-state index contributed by atoms with van der Waals surface area (Å²) in [6.07, 6.45) is 0. The number of para-hydroxylation sites is 1. The van der Waals surface area contributed by atoms with Crippen LogP contribution in [0.4, 0.5) is 0 Å². The fraction of sp³-hybridized carbons (Fsp3) is 0.160. The average Bonchev–Trinajstić information content (AvgIpc) is 3.31. The van der Waals surface area contributed by atoms with Crippen molar-refractivity contribution < 1.29 is 14.6 Å². The van der Waals surface area contributed by atoms with Crippen LogP contribution in [-0.4, -0.2) is 46.0 Å². The Bertz CT molecular complexity index is 1210. The summed E-state index contributed by atoms with van der Waals surface area (Å²) in [5.41, 5.74) is 3.50. The largest absolute Gasteiger partial charge is 0.497 e. The molecular formula is C25H24N4O3S. The third-order valence-electron chi connectivity index (χ3n) is 4.96. The molecule has 7 nitrogen and oxygen atoms in total. The van der Waals surface area contributed by atoms with Gasteiger partial charge < -0.3 is 15.2 Å². The highest BCUT2D eigenvalue weighted by Crippen LogP contribution is 2.31. The molecule has 0 atom stereocenters. The normalized spacial score (nSPS) is 10.7. The van der Waals surface area contributed by atoms with Crippen LogP contribution in [0.25, 0.3) is 17.1 Å². The number of hydrogen-bond acceptors (Lipinski definition) is 6. The predicted molar refractivity (Wildman–Crippen MR) is 129 cm³/mol. The number of aromatic nitrogens is 3. The number of nitrogens with one attached hydrogen (secondary N) is 1. The first-order valence-corrected chi connectivity index (χ1v) is 11.4. The molecule has 0 spiro atoms. The number of rotatable bonds is 9. The van der Waals surface area contributed by atoms with Crippen LogP contribution in [-0.2, 0) is 5.75 Å². The van der Waals surface area contributed by atoms with Crippen molar-refractivity contribution in [1.29, 1.82) is 0 Å². The highest BCUT2D eigenvalue weighted by atomic mass is 32.2. The minimum absolute atomic E-state index is 0.0830. The summed E-state index contributed by atoms with van der Waals surface area (Å²) in [6, 6.07) is 25.2. The number of thioether (sulfide) groups is 1. The second-order valence-corrected chi connectivity index (χ2v) is 8.12. The molecule has 0 saturated heterocycles. The molecule has 1 heterocycles. The van der Waals surface area contributed by atoms with E-state index in [4.69, 9.17) is 9.84 Å². The van der Waals surface area contributed by atoms with Gasteiger partial charge in [-0.25, -0.2) is 0 Å². The molecular weight excluding hydrogens is 436 g/mol. The molecule has 168 valence electrons. The number of methoxy groups -OCH3 is 1. The fourth-order valence-corrected chi connectivity index (χ4v) is 4.20. The van der Waals surface area contributed by atoms with Crippen LogP contribution < -0.4 is 10.1 Å². The standard InChI is InChI=1S/C25H24N4O3S/c1-32-22-9-5-6-20(16-22)23-27-28-25(29(23)21-7-3-2-4-8-21)33-17-18-10-12-19(13-11-18)24(31)26-14-15-30/h2-13,16,30H,14-15,17H2,1H3,(H,26,31). The minimum atomic E-state index is -0.199. The molecule has 1 amide bonds. The molecule has 2 N–H and O–H groups in total. The summed E-state index contributed by atoms with van der Waals surface area (Å²) in [5, 5.41) is 21.2. The van der Waals surface area contributed by atoms with Gasteiger partial charge in [-0.3, -0.25) is 9.36 Å². The number of carbonyl (C=O) groups excluding carboxylic acids is 1. The zero-order chi connectivity index (χ0) is 23.0. The van der Waals surface area contributed by atoms with Crippen LogP contribution in [0.1, 0.15) is 15.9 Å². The second-order valence-electron chi connectivity index (χ2n) is 7.17. The molecule has 8 heteroatoms. The molecule has 0 unspecified atom stereocenters. The molecule has 0 saturated carbocycles. The van der Waals surface area contributed by atoms with Gasteiger partial charge in [-0.15, -0.1) is 10.2 Å². The zero-order valence-electron chi connectivity index (χ0n) is 18.1. The van der Waals surface area contributed by atoms with Crippen molar-refractivity contribution in [3.05, 3.63) is 90.0 Å². The number of benzene rings is 3. The van der Waals surface area contributed by atoms with Crippen LogP contribution >= 0.6 is 11.8 Å². The van der Waals surface area contributed by atoms with E-state index in [9.17, 15) is 4.79 Å². The van der Waals surface area contributed by atoms with Gasteiger partial charge in [0, 0.05) is 29.1 Å². The fourth-order valence-electron chi connectivity index (χ4n) is 3.29. The number of carbonyl (C=O) groups is 1. The lowest BCUT2D eigenvalue weighted by molar-refractivity contribution is 0.0945. The highest BCUT2D eigenvalue weighted by molar-refractivity contribution is 7.98. The lowest BCUT2D eigenvalue weighted by atomic mass is 10.1. The Morgan fingerprint density at radius 2 is 1.82 bits per heavy atom. The van der Waals surface area contributed by atoms with Crippen LogP contribution in [0.5, 0.6) is 5.75 Å². The molecule has 0 aliphatic carbocycles. The van der Waals surface area contributed by atoms with E-state index in [1.54, 1.807) is 31.0 Å². The van der Waals surface area contributed by atoms with Crippen LogP contribution in [0.3, 0.4) is 0 Å². The lowest BCUT2D eigenvalue weighted by Gasteiger charge is -2.11. The maximum atomic E-state index is 12.0. The van der Waals surface area contributed by atoms with Crippen molar-refractivity contribution in [2.24, 2.45) is 0 Å². The molecule has 0 radical (unpaired) electrons. The Morgan fingerprint density at radius 3 is 2.55 bits per heavy atom. The second kappa shape index (κ2) is 10.8. The van der Waals surface area contributed by atoms with E-state index in [0.29, 0.717) is 11.3 Å². The number of nitrogens with zero attached hydrogens (tertiary/aromatic N) is 3. The van der Waals surface area contributed by atoms with Crippen LogP contribution in [0, 0.1) is 0 Å². The van der Waals surface area contributed by atoms with E-state index in [0.717, 1.165) is 33.5 Å². The number of hydrogen-bond donors (Lipinski definition) is 2. The first-order chi connectivity index (χ1) is 16.2. The van der Waals surface area contributed by atoms with Crippen molar-refractivity contribution in [3.63, 3.8) is 0 Å². The first kappa shape index (κ1) is 22.6. The summed E-state index contributed by atoms with van der Waals surface area (Å²) in [4.78, 5) is 12.0. The van der Waals surface area contributed by atoms with Crippen molar-refractivity contribution >= 4 is 17.7 Å². The number of aliphatic hydroxyl groups excluding tert-OH is 1. The molecule has 0 aliphatic rings. The highest BCUT2D eigenvalue weighted by Gasteiger charge is 2.17. The number of ether oxygens (including phenoxy) is 1. The Morgan fingerprint density at radius 1 is 1.03 bits per heavy atom. The SMILES string of the molecule is COc1cccc(-c2nnc(SCc3ccc(C(=O)NCCO)cc3)n2-c2ccccc2)c1. The van der Waals surface area contributed by atoms with E-state index < -0.39 is 0 Å². The van der Waals surface area contributed by atoms with Crippen molar-refractivity contribution in [3.8, 4) is 22.8 Å². The van der Waals surface area contributed by atoms with E-state index in [2.05, 4.69) is 15.5 Å². The van der Waals surface area contributed by atoms with E-state index in [1.807, 2.05) is 71.3 Å². The van der Waals surface area contributed by atoms with E-state index >= 15 is 0 Å². The molecule has 0 bridgehead atoms. The van der Waals surface area contributed by atoms with Gasteiger partial charge in [0.05, 0.1) is 13.7 Å².